The van der Waals surface area contributed by atoms with Crippen molar-refractivity contribution >= 4 is 27.8 Å². The van der Waals surface area contributed by atoms with Gasteiger partial charge in [-0.3, -0.25) is 4.99 Å². The first kappa shape index (κ1) is 17.7. The monoisotopic (exact) mass is 394 g/mol. The van der Waals surface area contributed by atoms with Crippen LogP contribution >= 0.6 is 15.9 Å². The van der Waals surface area contributed by atoms with E-state index in [2.05, 4.69) is 90.7 Å². The zero-order valence-corrected chi connectivity index (χ0v) is 16.7. The summed E-state index contributed by atoms with van der Waals surface area (Å²) in [6, 6.07) is 18.8. The highest BCUT2D eigenvalue weighted by Crippen LogP contribution is 2.31. The lowest BCUT2D eigenvalue weighted by molar-refractivity contribution is 0.867. The molecule has 0 bridgehead atoms. The molecule has 0 aliphatic heterocycles. The maximum absolute atomic E-state index is 4.80. The minimum Gasteiger partial charge on any atom is -0.317 e. The normalized spacial score (nSPS) is 11.6. The van der Waals surface area contributed by atoms with Crippen LogP contribution in [0.5, 0.6) is 0 Å². The van der Waals surface area contributed by atoms with E-state index in [1.54, 1.807) is 0 Å². The third-order valence-electron chi connectivity index (χ3n) is 4.52. The van der Waals surface area contributed by atoms with E-state index in [9.17, 15) is 0 Å². The zero-order chi connectivity index (χ0) is 18.0. The van der Waals surface area contributed by atoms with Crippen LogP contribution < -0.4 is 0 Å². The minimum absolute atomic E-state index is 0.452. The van der Waals surface area contributed by atoms with E-state index in [-0.39, 0.29) is 0 Å². The highest BCUT2D eigenvalue weighted by Gasteiger charge is 2.15. The van der Waals surface area contributed by atoms with Crippen LogP contribution in [0, 0.1) is 13.8 Å². The van der Waals surface area contributed by atoms with Crippen LogP contribution in [0.4, 0.5) is 5.69 Å². The molecule has 1 heterocycles. The number of aromatic nitrogens is 1. The number of nitrogens with zero attached hydrogens (tertiary/aromatic N) is 2. The number of hydrogen-bond donors (Lipinski definition) is 0. The van der Waals surface area contributed by atoms with E-state index >= 15 is 0 Å². The first-order valence-corrected chi connectivity index (χ1v) is 9.35. The molecule has 0 radical (unpaired) electrons. The molecule has 0 aliphatic rings. The van der Waals surface area contributed by atoms with E-state index in [1.165, 1.54) is 22.6 Å². The van der Waals surface area contributed by atoms with Crippen LogP contribution in [0.3, 0.4) is 0 Å². The van der Waals surface area contributed by atoms with Gasteiger partial charge in [-0.25, -0.2) is 0 Å². The second-order valence-corrected chi connectivity index (χ2v) is 7.33. The summed E-state index contributed by atoms with van der Waals surface area (Å²) in [7, 11) is 0. The average Bonchev–Trinajstić information content (AvgIpc) is 2.83. The third kappa shape index (κ3) is 3.47. The molecule has 0 fully saturated rings. The third-order valence-corrected chi connectivity index (χ3v) is 5.52. The van der Waals surface area contributed by atoms with E-state index in [0.717, 1.165) is 15.7 Å². The molecule has 0 spiro atoms. The topological polar surface area (TPSA) is 17.3 Å². The smallest absolute Gasteiger partial charge is 0.0664 e. The van der Waals surface area contributed by atoms with Crippen LogP contribution in [0.15, 0.2) is 64.1 Å². The lowest BCUT2D eigenvalue weighted by Crippen LogP contribution is -1.99. The van der Waals surface area contributed by atoms with E-state index < -0.39 is 0 Å². The molecule has 0 saturated heterocycles. The summed E-state index contributed by atoms with van der Waals surface area (Å²) >= 11 is 3.76. The summed E-state index contributed by atoms with van der Waals surface area (Å²) in [4.78, 5) is 4.80. The van der Waals surface area contributed by atoms with Gasteiger partial charge in [-0.2, -0.15) is 0 Å². The number of halogens is 1. The predicted octanol–water partition coefficient (Wildman–Crippen LogP) is 6.73. The Morgan fingerprint density at radius 3 is 2.24 bits per heavy atom. The molecule has 0 N–H and O–H groups in total. The van der Waals surface area contributed by atoms with Gasteiger partial charge >= 0.3 is 0 Å². The summed E-state index contributed by atoms with van der Waals surface area (Å²) in [5.41, 5.74) is 6.96. The molecule has 0 saturated carbocycles. The molecule has 128 valence electrons. The largest absolute Gasteiger partial charge is 0.317 e. The second-order valence-electron chi connectivity index (χ2n) is 6.54. The van der Waals surface area contributed by atoms with Crippen molar-refractivity contribution in [2.24, 2.45) is 4.99 Å². The van der Waals surface area contributed by atoms with Crippen molar-refractivity contribution in [2.75, 3.05) is 0 Å². The molecule has 0 aliphatic carbocycles. The summed E-state index contributed by atoms with van der Waals surface area (Å²) in [6.45, 7) is 8.67. The standard InChI is InChI=1S/C22H23BrN2/c1-15(2)19-12-8-9-13-21(19)24-14-20-16(3)25(17(4)22(20)23)18-10-6-5-7-11-18/h5-15H,1-4H3. The summed E-state index contributed by atoms with van der Waals surface area (Å²) in [6.07, 6.45) is 1.98. The maximum atomic E-state index is 4.80. The van der Waals surface area contributed by atoms with Crippen molar-refractivity contribution in [3.8, 4) is 5.69 Å². The predicted molar refractivity (Wildman–Crippen MR) is 111 cm³/mol. The van der Waals surface area contributed by atoms with Gasteiger partial charge in [0.1, 0.15) is 0 Å². The Balaban J connectivity index is 2.05. The van der Waals surface area contributed by atoms with Crippen LogP contribution in [0.1, 0.15) is 42.3 Å². The Bertz CT molecular complexity index is 905. The van der Waals surface area contributed by atoms with Crippen molar-refractivity contribution in [1.29, 1.82) is 0 Å². The van der Waals surface area contributed by atoms with Gasteiger partial charge in [0.2, 0.25) is 0 Å². The molecule has 1 aromatic heterocycles. The fraction of sp³-hybridized carbons (Fsp3) is 0.227. The molecular formula is C22H23BrN2. The van der Waals surface area contributed by atoms with Gasteiger partial charge in [0.15, 0.2) is 0 Å². The van der Waals surface area contributed by atoms with Gasteiger partial charge in [-0.15, -0.1) is 0 Å². The number of para-hydroxylation sites is 2. The van der Waals surface area contributed by atoms with Gasteiger partial charge < -0.3 is 4.57 Å². The SMILES string of the molecule is Cc1c(Br)c(C=Nc2ccccc2C(C)C)c(C)n1-c1ccccc1. The Hall–Kier alpha value is -2.13. The lowest BCUT2D eigenvalue weighted by atomic mass is 10.0. The van der Waals surface area contributed by atoms with Crippen molar-refractivity contribution in [3.05, 3.63) is 81.6 Å². The Kier molecular flexibility index (Phi) is 5.24. The first-order valence-electron chi connectivity index (χ1n) is 8.56. The Labute approximate surface area is 158 Å². The molecule has 0 unspecified atom stereocenters. The van der Waals surface area contributed by atoms with Crippen LogP contribution in [0.25, 0.3) is 5.69 Å². The van der Waals surface area contributed by atoms with E-state index in [1.807, 2.05) is 18.3 Å². The summed E-state index contributed by atoms with van der Waals surface area (Å²) in [5, 5.41) is 0. The molecule has 3 heteroatoms. The molecule has 0 amide bonds. The van der Waals surface area contributed by atoms with Crippen molar-refractivity contribution < 1.29 is 0 Å². The molecule has 25 heavy (non-hydrogen) atoms. The Morgan fingerprint density at radius 2 is 1.56 bits per heavy atom. The lowest BCUT2D eigenvalue weighted by Gasteiger charge is -2.09. The van der Waals surface area contributed by atoms with E-state index in [4.69, 9.17) is 4.99 Å². The van der Waals surface area contributed by atoms with Gasteiger partial charge in [0.05, 0.1) is 5.69 Å². The van der Waals surface area contributed by atoms with Gasteiger partial charge in [0, 0.05) is 33.3 Å². The first-order chi connectivity index (χ1) is 12.0. The highest BCUT2D eigenvalue weighted by atomic mass is 79.9. The van der Waals surface area contributed by atoms with Crippen molar-refractivity contribution in [3.63, 3.8) is 0 Å². The zero-order valence-electron chi connectivity index (χ0n) is 15.1. The fourth-order valence-electron chi connectivity index (χ4n) is 3.17. The molecular weight excluding hydrogens is 372 g/mol. The number of aliphatic imine (C=N–C) groups is 1. The fourth-order valence-corrected chi connectivity index (χ4v) is 3.73. The average molecular weight is 395 g/mol. The quantitative estimate of drug-likeness (QED) is 0.436. The second kappa shape index (κ2) is 7.40. The number of benzene rings is 2. The molecule has 3 aromatic rings. The molecule has 2 aromatic carbocycles. The van der Waals surface area contributed by atoms with E-state index in [0.29, 0.717) is 5.92 Å². The molecule has 2 nitrogen and oxygen atoms in total. The minimum atomic E-state index is 0.452. The molecule has 0 atom stereocenters. The van der Waals surface area contributed by atoms with Crippen molar-refractivity contribution in [1.82, 2.24) is 4.57 Å². The van der Waals surface area contributed by atoms with Gasteiger partial charge in [-0.1, -0.05) is 50.2 Å². The highest BCUT2D eigenvalue weighted by molar-refractivity contribution is 9.10. The maximum Gasteiger partial charge on any atom is 0.0664 e. The number of rotatable bonds is 4. The van der Waals surface area contributed by atoms with Crippen LogP contribution in [-0.4, -0.2) is 10.8 Å². The van der Waals surface area contributed by atoms with Crippen LogP contribution in [0.2, 0.25) is 0 Å². The summed E-state index contributed by atoms with van der Waals surface area (Å²) < 4.78 is 3.36. The summed E-state index contributed by atoms with van der Waals surface area (Å²) in [5.74, 6) is 0.452. The number of hydrogen-bond acceptors (Lipinski definition) is 1. The van der Waals surface area contributed by atoms with Crippen molar-refractivity contribution in [2.45, 2.75) is 33.6 Å². The molecule has 3 rings (SSSR count). The van der Waals surface area contributed by atoms with Gasteiger partial charge in [-0.05, 0) is 59.5 Å². The van der Waals surface area contributed by atoms with Gasteiger partial charge in [0.25, 0.3) is 0 Å². The van der Waals surface area contributed by atoms with Crippen LogP contribution in [-0.2, 0) is 0 Å². The Morgan fingerprint density at radius 1 is 0.920 bits per heavy atom.